The Morgan fingerprint density at radius 3 is 2.95 bits per heavy atom. The minimum absolute atomic E-state index is 0. The van der Waals surface area contributed by atoms with Crippen molar-refractivity contribution >= 4 is 35.6 Å². The smallest absolute Gasteiger partial charge is 0.225 e. The first kappa shape index (κ1) is 17.2. The van der Waals surface area contributed by atoms with E-state index < -0.39 is 0 Å². The monoisotopic (exact) mass is 317 g/mol. The zero-order chi connectivity index (χ0) is 13.7. The lowest BCUT2D eigenvalue weighted by molar-refractivity contribution is -0.116. The summed E-state index contributed by atoms with van der Waals surface area (Å²) < 4.78 is 0. The molecular weight excluding hydrogens is 297 g/mol. The van der Waals surface area contributed by atoms with Gasteiger partial charge in [0.25, 0.3) is 0 Å². The van der Waals surface area contributed by atoms with E-state index >= 15 is 0 Å². The fourth-order valence-electron chi connectivity index (χ4n) is 2.24. The maximum atomic E-state index is 11.9. The molecule has 1 aliphatic rings. The zero-order valence-corrected chi connectivity index (χ0v) is 13.1. The third kappa shape index (κ3) is 4.94. The van der Waals surface area contributed by atoms with E-state index in [0.717, 1.165) is 26.2 Å². The molecule has 2 N–H and O–H groups in total. The molecule has 1 fully saturated rings. The molecule has 1 atom stereocenters. The number of nitrogens with one attached hydrogen (secondary N) is 2. The molecule has 0 aromatic heterocycles. The third-order valence-electron chi connectivity index (χ3n) is 3.41. The van der Waals surface area contributed by atoms with Gasteiger partial charge in [0.2, 0.25) is 5.91 Å². The van der Waals surface area contributed by atoms with E-state index in [2.05, 4.69) is 22.5 Å². The van der Waals surface area contributed by atoms with Crippen molar-refractivity contribution in [3.05, 3.63) is 29.3 Å². The molecule has 4 nitrogen and oxygen atoms in total. The van der Waals surface area contributed by atoms with Crippen LogP contribution in [0.25, 0.3) is 0 Å². The van der Waals surface area contributed by atoms with Crippen LogP contribution in [0.3, 0.4) is 0 Å². The van der Waals surface area contributed by atoms with Crippen LogP contribution in [0, 0.1) is 0 Å². The van der Waals surface area contributed by atoms with Crippen LogP contribution in [-0.4, -0.2) is 43.0 Å². The Balaban J connectivity index is 0.00000200. The molecule has 0 saturated carbocycles. The van der Waals surface area contributed by atoms with E-state index in [-0.39, 0.29) is 18.3 Å². The molecule has 6 heteroatoms. The fourth-order valence-corrected chi connectivity index (χ4v) is 2.42. The number of halogens is 2. The van der Waals surface area contributed by atoms with Crippen molar-refractivity contribution in [2.24, 2.45) is 0 Å². The standard InChI is InChI=1S/C14H20ClN3O.ClH/c1-11-10-16-7-9-18(11)8-6-14(19)17-13-5-3-2-4-12(13)15;/h2-5,11,16H,6-10H2,1H3,(H,17,19);1H/t11-;/m1./s1. The lowest BCUT2D eigenvalue weighted by Gasteiger charge is -2.33. The summed E-state index contributed by atoms with van der Waals surface area (Å²) in [6, 6.07) is 7.78. The van der Waals surface area contributed by atoms with E-state index in [1.165, 1.54) is 0 Å². The lowest BCUT2D eigenvalue weighted by Crippen LogP contribution is -2.50. The number of piperazine rings is 1. The maximum absolute atomic E-state index is 11.9. The van der Waals surface area contributed by atoms with Crippen LogP contribution in [0.1, 0.15) is 13.3 Å². The Bertz CT molecular complexity index is 442. The molecule has 0 unspecified atom stereocenters. The Labute approximate surface area is 131 Å². The number of rotatable bonds is 4. The maximum Gasteiger partial charge on any atom is 0.225 e. The highest BCUT2D eigenvalue weighted by Crippen LogP contribution is 2.20. The topological polar surface area (TPSA) is 44.4 Å². The van der Waals surface area contributed by atoms with Gasteiger partial charge in [0.1, 0.15) is 0 Å². The average Bonchev–Trinajstić information content (AvgIpc) is 2.40. The normalized spacial score (nSPS) is 19.2. The van der Waals surface area contributed by atoms with Crippen LogP contribution >= 0.6 is 24.0 Å². The molecule has 2 rings (SSSR count). The number of para-hydroxylation sites is 1. The van der Waals surface area contributed by atoms with E-state index in [9.17, 15) is 4.79 Å². The molecule has 1 aromatic rings. The van der Waals surface area contributed by atoms with Gasteiger partial charge in [0.15, 0.2) is 0 Å². The Morgan fingerprint density at radius 2 is 2.25 bits per heavy atom. The Hall–Kier alpha value is -0.810. The van der Waals surface area contributed by atoms with Crippen LogP contribution in [0.15, 0.2) is 24.3 Å². The van der Waals surface area contributed by atoms with E-state index in [1.54, 1.807) is 6.07 Å². The third-order valence-corrected chi connectivity index (χ3v) is 3.74. The highest BCUT2D eigenvalue weighted by Gasteiger charge is 2.18. The number of anilines is 1. The minimum Gasteiger partial charge on any atom is -0.325 e. The predicted molar refractivity (Wildman–Crippen MR) is 85.9 cm³/mol. The van der Waals surface area contributed by atoms with Gasteiger partial charge in [0.05, 0.1) is 10.7 Å². The van der Waals surface area contributed by atoms with Crippen molar-refractivity contribution in [3.63, 3.8) is 0 Å². The van der Waals surface area contributed by atoms with Gasteiger partial charge >= 0.3 is 0 Å². The molecule has 112 valence electrons. The van der Waals surface area contributed by atoms with Gasteiger partial charge in [-0.1, -0.05) is 23.7 Å². The molecular formula is C14H21Cl2N3O. The van der Waals surface area contributed by atoms with Gasteiger partial charge in [-0.25, -0.2) is 0 Å². The van der Waals surface area contributed by atoms with Crippen LogP contribution in [0.2, 0.25) is 5.02 Å². The van der Waals surface area contributed by atoms with Crippen molar-refractivity contribution in [2.45, 2.75) is 19.4 Å². The van der Waals surface area contributed by atoms with Crippen molar-refractivity contribution in [1.82, 2.24) is 10.2 Å². The quantitative estimate of drug-likeness (QED) is 0.896. The largest absolute Gasteiger partial charge is 0.325 e. The van der Waals surface area contributed by atoms with Gasteiger partial charge in [-0.3, -0.25) is 9.69 Å². The Morgan fingerprint density at radius 1 is 1.50 bits per heavy atom. The van der Waals surface area contributed by atoms with Crippen molar-refractivity contribution in [2.75, 3.05) is 31.5 Å². The van der Waals surface area contributed by atoms with Crippen molar-refractivity contribution in [1.29, 1.82) is 0 Å². The van der Waals surface area contributed by atoms with Crippen LogP contribution in [-0.2, 0) is 4.79 Å². The van der Waals surface area contributed by atoms with Crippen LogP contribution in [0.4, 0.5) is 5.69 Å². The summed E-state index contributed by atoms with van der Waals surface area (Å²) in [7, 11) is 0. The van der Waals surface area contributed by atoms with Gasteiger partial charge in [0, 0.05) is 38.6 Å². The average molecular weight is 318 g/mol. The van der Waals surface area contributed by atoms with E-state index in [4.69, 9.17) is 11.6 Å². The van der Waals surface area contributed by atoms with Gasteiger partial charge in [-0.15, -0.1) is 12.4 Å². The van der Waals surface area contributed by atoms with Gasteiger partial charge in [-0.05, 0) is 19.1 Å². The number of benzene rings is 1. The molecule has 1 aliphatic heterocycles. The second-order valence-corrected chi connectivity index (χ2v) is 5.27. The summed E-state index contributed by atoms with van der Waals surface area (Å²) in [6.45, 7) is 5.96. The second kappa shape index (κ2) is 8.47. The molecule has 0 spiro atoms. The van der Waals surface area contributed by atoms with Crippen molar-refractivity contribution < 1.29 is 4.79 Å². The fraction of sp³-hybridized carbons (Fsp3) is 0.500. The summed E-state index contributed by atoms with van der Waals surface area (Å²) in [4.78, 5) is 14.2. The molecule has 1 heterocycles. The number of nitrogens with zero attached hydrogens (tertiary/aromatic N) is 1. The van der Waals surface area contributed by atoms with Gasteiger partial charge < -0.3 is 10.6 Å². The van der Waals surface area contributed by atoms with E-state index in [0.29, 0.717) is 23.2 Å². The van der Waals surface area contributed by atoms with Gasteiger partial charge in [-0.2, -0.15) is 0 Å². The summed E-state index contributed by atoms with van der Waals surface area (Å²) >= 11 is 6.01. The molecule has 1 saturated heterocycles. The first-order chi connectivity index (χ1) is 9.16. The predicted octanol–water partition coefficient (Wildman–Crippen LogP) is 2.38. The summed E-state index contributed by atoms with van der Waals surface area (Å²) in [5, 5.41) is 6.77. The Kier molecular flexibility index (Phi) is 7.30. The lowest BCUT2D eigenvalue weighted by atomic mass is 10.2. The van der Waals surface area contributed by atoms with E-state index in [1.807, 2.05) is 18.2 Å². The second-order valence-electron chi connectivity index (χ2n) is 4.87. The first-order valence-corrected chi connectivity index (χ1v) is 7.04. The number of hydrogen-bond acceptors (Lipinski definition) is 3. The van der Waals surface area contributed by atoms with Crippen molar-refractivity contribution in [3.8, 4) is 0 Å². The molecule has 1 aromatic carbocycles. The highest BCUT2D eigenvalue weighted by atomic mass is 35.5. The molecule has 1 amide bonds. The highest BCUT2D eigenvalue weighted by molar-refractivity contribution is 6.33. The number of carbonyl (C=O) groups excluding carboxylic acids is 1. The summed E-state index contributed by atoms with van der Waals surface area (Å²) in [6.07, 6.45) is 0.496. The molecule has 0 bridgehead atoms. The summed E-state index contributed by atoms with van der Waals surface area (Å²) in [5.74, 6) is 0.0128. The molecule has 0 aliphatic carbocycles. The van der Waals surface area contributed by atoms with Crippen LogP contribution < -0.4 is 10.6 Å². The first-order valence-electron chi connectivity index (χ1n) is 6.66. The molecule has 20 heavy (non-hydrogen) atoms. The summed E-state index contributed by atoms with van der Waals surface area (Å²) in [5.41, 5.74) is 0.683. The van der Waals surface area contributed by atoms with Crippen LogP contribution in [0.5, 0.6) is 0 Å². The molecule has 0 radical (unpaired) electrons. The number of amides is 1. The number of hydrogen-bond donors (Lipinski definition) is 2. The minimum atomic E-state index is 0. The SMILES string of the molecule is C[C@@H]1CNCCN1CCC(=O)Nc1ccccc1Cl.Cl. The number of carbonyl (C=O) groups is 1. The zero-order valence-electron chi connectivity index (χ0n) is 11.6.